The summed E-state index contributed by atoms with van der Waals surface area (Å²) < 4.78 is 38.0. The maximum Gasteiger partial charge on any atom is 0.225 e. The van der Waals surface area contributed by atoms with Crippen molar-refractivity contribution in [2.24, 2.45) is 0 Å². The third kappa shape index (κ3) is 3.67. The number of anilines is 3. The lowest BCUT2D eigenvalue weighted by molar-refractivity contribution is 0.107. The molecule has 0 amide bonds. The molecule has 1 fully saturated rings. The lowest BCUT2D eigenvalue weighted by Gasteiger charge is -2.39. The van der Waals surface area contributed by atoms with Crippen LogP contribution in [0.1, 0.15) is 25.5 Å². The van der Waals surface area contributed by atoms with E-state index in [0.29, 0.717) is 24.5 Å². The molecule has 10 heteroatoms. The molecule has 8 nitrogen and oxygen atoms in total. The van der Waals surface area contributed by atoms with Gasteiger partial charge in [-0.3, -0.25) is 0 Å². The largest absolute Gasteiger partial charge is 0.491 e. The van der Waals surface area contributed by atoms with Gasteiger partial charge in [0.25, 0.3) is 0 Å². The number of aromatic nitrogens is 2. The molecule has 0 bridgehead atoms. The molecule has 1 saturated carbocycles. The van der Waals surface area contributed by atoms with E-state index in [1.165, 1.54) is 7.11 Å². The molecule has 1 aliphatic heterocycles. The SMILES string of the molecule is COc1c(F)cc(OC2CC(Nc3nc(C)c4c(n3)N(C)[C@@H](C)C(O)N4)C2)cc1F. The van der Waals surface area contributed by atoms with Crippen LogP contribution in [0.25, 0.3) is 0 Å². The number of nitrogens with one attached hydrogen (secondary N) is 2. The second-order valence-corrected chi connectivity index (χ2v) is 7.74. The quantitative estimate of drug-likeness (QED) is 0.679. The van der Waals surface area contributed by atoms with Crippen LogP contribution in [0.3, 0.4) is 0 Å². The first-order chi connectivity index (χ1) is 14.3. The summed E-state index contributed by atoms with van der Waals surface area (Å²) in [6.45, 7) is 3.76. The number of likely N-dealkylation sites (N-methyl/N-ethyl adjacent to an activating group) is 1. The van der Waals surface area contributed by atoms with Gasteiger partial charge in [0, 0.05) is 38.1 Å². The van der Waals surface area contributed by atoms with Gasteiger partial charge >= 0.3 is 0 Å². The van der Waals surface area contributed by atoms with Crippen LogP contribution in [0.15, 0.2) is 12.1 Å². The molecule has 0 saturated heterocycles. The Hall–Kier alpha value is -2.88. The number of halogens is 2. The molecule has 30 heavy (non-hydrogen) atoms. The highest BCUT2D eigenvalue weighted by molar-refractivity contribution is 5.72. The molecule has 2 aromatic rings. The molecule has 2 atom stereocenters. The summed E-state index contributed by atoms with van der Waals surface area (Å²) in [6.07, 6.45) is 0.448. The highest BCUT2D eigenvalue weighted by Crippen LogP contribution is 2.35. The Bertz CT molecular complexity index is 931. The minimum atomic E-state index is -0.795. The minimum Gasteiger partial charge on any atom is -0.491 e. The van der Waals surface area contributed by atoms with Gasteiger partial charge in [-0.25, -0.2) is 13.8 Å². The third-order valence-electron chi connectivity index (χ3n) is 5.67. The fraction of sp³-hybridized carbons (Fsp3) is 0.500. The van der Waals surface area contributed by atoms with Crippen molar-refractivity contribution in [1.82, 2.24) is 9.97 Å². The van der Waals surface area contributed by atoms with Crippen LogP contribution in [-0.4, -0.2) is 53.6 Å². The fourth-order valence-electron chi connectivity index (χ4n) is 3.67. The smallest absolute Gasteiger partial charge is 0.225 e. The first-order valence-corrected chi connectivity index (χ1v) is 9.79. The standard InChI is InChI=1S/C20H25F2N5O3/c1-9-16-18(27(3)10(2)19(28)25-16)26-20(23-9)24-11-5-12(6-11)30-13-7-14(21)17(29-4)15(22)8-13/h7-8,10-12,19,25,28H,5-6H2,1-4H3,(H,23,24,26)/t10-,11?,12?,19?/m0/s1. The second-order valence-electron chi connectivity index (χ2n) is 7.74. The van der Waals surface area contributed by atoms with Crippen molar-refractivity contribution in [3.63, 3.8) is 0 Å². The molecule has 2 aliphatic rings. The first-order valence-electron chi connectivity index (χ1n) is 9.79. The predicted octanol–water partition coefficient (Wildman–Crippen LogP) is 2.66. The normalized spacial score (nSPS) is 25.1. The zero-order valence-corrected chi connectivity index (χ0v) is 17.2. The summed E-state index contributed by atoms with van der Waals surface area (Å²) in [5.41, 5.74) is 1.45. The molecule has 162 valence electrons. The highest BCUT2D eigenvalue weighted by Gasteiger charge is 2.34. The van der Waals surface area contributed by atoms with Gasteiger partial charge in [0.2, 0.25) is 5.95 Å². The van der Waals surface area contributed by atoms with Crippen LogP contribution >= 0.6 is 0 Å². The molecule has 3 N–H and O–H groups in total. The molecular formula is C20H25F2N5O3. The van der Waals surface area contributed by atoms with Crippen molar-refractivity contribution < 1.29 is 23.4 Å². The molecule has 1 aliphatic carbocycles. The van der Waals surface area contributed by atoms with E-state index >= 15 is 0 Å². The van der Waals surface area contributed by atoms with Gasteiger partial charge in [-0.1, -0.05) is 0 Å². The number of aliphatic hydroxyl groups is 1. The second kappa shape index (κ2) is 7.75. The number of nitrogens with zero attached hydrogens (tertiary/aromatic N) is 3. The average molecular weight is 421 g/mol. The van der Waals surface area contributed by atoms with E-state index in [1.807, 2.05) is 25.8 Å². The molecule has 0 radical (unpaired) electrons. The molecule has 1 aromatic carbocycles. The van der Waals surface area contributed by atoms with Crippen LogP contribution in [0.5, 0.6) is 11.5 Å². The summed E-state index contributed by atoms with van der Waals surface area (Å²) in [5.74, 6) is -0.660. The number of aliphatic hydroxyl groups excluding tert-OH is 1. The fourth-order valence-corrected chi connectivity index (χ4v) is 3.67. The van der Waals surface area contributed by atoms with E-state index in [-0.39, 0.29) is 23.9 Å². The number of rotatable bonds is 5. The third-order valence-corrected chi connectivity index (χ3v) is 5.67. The molecule has 1 aromatic heterocycles. The van der Waals surface area contributed by atoms with Gasteiger partial charge in [-0.05, 0) is 13.8 Å². The maximum absolute atomic E-state index is 13.8. The number of benzene rings is 1. The predicted molar refractivity (Wildman–Crippen MR) is 108 cm³/mol. The molecule has 1 unspecified atom stereocenters. The molecular weight excluding hydrogens is 396 g/mol. The topological polar surface area (TPSA) is 91.8 Å². The number of ether oxygens (including phenoxy) is 2. The van der Waals surface area contributed by atoms with Crippen LogP contribution < -0.4 is 25.0 Å². The lowest BCUT2D eigenvalue weighted by Crippen LogP contribution is -2.48. The number of methoxy groups -OCH3 is 1. The average Bonchev–Trinajstić information content (AvgIpc) is 2.65. The Morgan fingerprint density at radius 3 is 2.53 bits per heavy atom. The van der Waals surface area contributed by atoms with E-state index < -0.39 is 23.6 Å². The van der Waals surface area contributed by atoms with Gasteiger partial charge in [0.05, 0.1) is 18.8 Å². The van der Waals surface area contributed by atoms with Gasteiger partial charge in [0.1, 0.15) is 23.8 Å². The van der Waals surface area contributed by atoms with Crippen LogP contribution in [-0.2, 0) is 0 Å². The molecule has 2 heterocycles. The Kier molecular flexibility index (Phi) is 5.27. The van der Waals surface area contributed by atoms with E-state index in [1.54, 1.807) is 0 Å². The van der Waals surface area contributed by atoms with E-state index in [0.717, 1.165) is 23.6 Å². The van der Waals surface area contributed by atoms with Crippen molar-refractivity contribution >= 4 is 17.5 Å². The number of fused-ring (bicyclic) bond motifs is 1. The number of hydrogen-bond acceptors (Lipinski definition) is 8. The number of hydrogen-bond donors (Lipinski definition) is 3. The van der Waals surface area contributed by atoms with E-state index in [2.05, 4.69) is 25.3 Å². The molecule has 4 rings (SSSR count). The zero-order chi connectivity index (χ0) is 21.6. The zero-order valence-electron chi connectivity index (χ0n) is 17.2. The molecule has 0 spiro atoms. The Balaban J connectivity index is 1.38. The van der Waals surface area contributed by atoms with Gasteiger partial charge in [-0.2, -0.15) is 4.98 Å². The van der Waals surface area contributed by atoms with Crippen molar-refractivity contribution in [2.45, 2.75) is 51.1 Å². The van der Waals surface area contributed by atoms with Crippen molar-refractivity contribution in [3.8, 4) is 11.5 Å². The highest BCUT2D eigenvalue weighted by atomic mass is 19.1. The Morgan fingerprint density at radius 2 is 1.90 bits per heavy atom. The van der Waals surface area contributed by atoms with E-state index in [4.69, 9.17) is 4.74 Å². The van der Waals surface area contributed by atoms with Crippen molar-refractivity contribution in [3.05, 3.63) is 29.5 Å². The first kappa shape index (κ1) is 20.4. The van der Waals surface area contributed by atoms with Crippen LogP contribution in [0, 0.1) is 18.6 Å². The number of aryl methyl sites for hydroxylation is 1. The monoisotopic (exact) mass is 421 g/mol. The Morgan fingerprint density at radius 1 is 1.23 bits per heavy atom. The Labute approximate surface area is 173 Å². The van der Waals surface area contributed by atoms with Crippen molar-refractivity contribution in [2.75, 3.05) is 29.7 Å². The summed E-state index contributed by atoms with van der Waals surface area (Å²) in [4.78, 5) is 11.0. The summed E-state index contributed by atoms with van der Waals surface area (Å²) in [5, 5.41) is 16.4. The van der Waals surface area contributed by atoms with Crippen LogP contribution in [0.4, 0.5) is 26.2 Å². The summed E-state index contributed by atoms with van der Waals surface area (Å²) in [7, 11) is 3.09. The summed E-state index contributed by atoms with van der Waals surface area (Å²) >= 11 is 0. The van der Waals surface area contributed by atoms with Gasteiger partial charge < -0.3 is 30.1 Å². The van der Waals surface area contributed by atoms with Crippen molar-refractivity contribution in [1.29, 1.82) is 0 Å². The van der Waals surface area contributed by atoms with E-state index in [9.17, 15) is 13.9 Å². The van der Waals surface area contributed by atoms with Gasteiger partial charge in [0.15, 0.2) is 23.2 Å². The van der Waals surface area contributed by atoms with Gasteiger partial charge in [-0.15, -0.1) is 0 Å². The van der Waals surface area contributed by atoms with Crippen LogP contribution in [0.2, 0.25) is 0 Å². The maximum atomic E-state index is 13.8. The lowest BCUT2D eigenvalue weighted by atomic mass is 9.89. The summed E-state index contributed by atoms with van der Waals surface area (Å²) in [6, 6.07) is 2.20. The minimum absolute atomic E-state index is 0.0882.